The van der Waals surface area contributed by atoms with Crippen LogP contribution in [0.2, 0.25) is 0 Å². The summed E-state index contributed by atoms with van der Waals surface area (Å²) in [7, 11) is 1.54. The molecule has 0 aliphatic heterocycles. The van der Waals surface area contributed by atoms with Crippen LogP contribution >= 0.6 is 0 Å². The number of benzene rings is 2. The zero-order valence-corrected chi connectivity index (χ0v) is 16.8. The van der Waals surface area contributed by atoms with Crippen molar-refractivity contribution in [1.82, 2.24) is 5.32 Å². The fourth-order valence-electron chi connectivity index (χ4n) is 2.67. The number of ether oxygens (including phenoxy) is 1. The molecule has 0 spiro atoms. The van der Waals surface area contributed by atoms with E-state index in [-0.39, 0.29) is 17.8 Å². The average molecular weight is 414 g/mol. The second-order valence-electron chi connectivity index (χ2n) is 6.40. The van der Waals surface area contributed by atoms with Crippen LogP contribution in [0.4, 0.5) is 17.1 Å². The minimum atomic E-state index is -0.904. The van der Waals surface area contributed by atoms with Crippen LogP contribution in [-0.2, 0) is 14.3 Å². The van der Waals surface area contributed by atoms with Gasteiger partial charge in [0, 0.05) is 30.6 Å². The molecule has 0 fully saturated rings. The number of nitro benzene ring substituents is 1. The largest absolute Gasteiger partial charge is 0.452 e. The van der Waals surface area contributed by atoms with E-state index >= 15 is 0 Å². The molecular formula is C20H22N4O6. The predicted molar refractivity (Wildman–Crippen MR) is 110 cm³/mol. The van der Waals surface area contributed by atoms with Crippen molar-refractivity contribution in [2.45, 2.75) is 13.8 Å². The lowest BCUT2D eigenvalue weighted by Gasteiger charge is -2.12. The molecule has 2 rings (SSSR count). The fraction of sp³-hybridized carbons (Fsp3) is 0.250. The number of anilines is 2. The molecule has 0 bridgehead atoms. The number of esters is 1. The molecule has 0 aliphatic rings. The van der Waals surface area contributed by atoms with Crippen molar-refractivity contribution in [3.63, 3.8) is 0 Å². The van der Waals surface area contributed by atoms with Gasteiger partial charge in [0.2, 0.25) is 5.91 Å². The van der Waals surface area contributed by atoms with Gasteiger partial charge in [-0.2, -0.15) is 0 Å². The first-order valence-corrected chi connectivity index (χ1v) is 8.99. The maximum atomic E-state index is 12.2. The van der Waals surface area contributed by atoms with E-state index in [1.165, 1.54) is 12.1 Å². The minimum Gasteiger partial charge on any atom is -0.452 e. The van der Waals surface area contributed by atoms with Gasteiger partial charge in [-0.05, 0) is 31.0 Å². The lowest BCUT2D eigenvalue weighted by Crippen LogP contribution is -2.35. The quantitative estimate of drug-likeness (QED) is 0.342. The van der Waals surface area contributed by atoms with Crippen molar-refractivity contribution in [3.8, 4) is 0 Å². The number of hydrogen-bond acceptors (Lipinski definition) is 7. The summed E-state index contributed by atoms with van der Waals surface area (Å²) in [5.74, 6) is -2.02. The number of nitro groups is 1. The third-order valence-electron chi connectivity index (χ3n) is 4.23. The molecule has 0 aliphatic carbocycles. The molecule has 3 N–H and O–H groups in total. The molecule has 0 saturated carbocycles. The van der Waals surface area contributed by atoms with Crippen LogP contribution in [0.1, 0.15) is 21.5 Å². The molecule has 0 heterocycles. The van der Waals surface area contributed by atoms with Gasteiger partial charge in [0.1, 0.15) is 0 Å². The summed E-state index contributed by atoms with van der Waals surface area (Å²) in [6, 6.07) is 9.25. The lowest BCUT2D eigenvalue weighted by atomic mass is 10.1. The van der Waals surface area contributed by atoms with E-state index in [1.807, 2.05) is 32.0 Å². The predicted octanol–water partition coefficient (Wildman–Crippen LogP) is 2.17. The summed E-state index contributed by atoms with van der Waals surface area (Å²) in [6.45, 7) is 2.77. The number of carbonyl (C=O) groups is 3. The van der Waals surface area contributed by atoms with Crippen molar-refractivity contribution in [2.24, 2.45) is 0 Å². The number of amides is 2. The first-order chi connectivity index (χ1) is 14.2. The number of nitrogens with zero attached hydrogens (tertiary/aromatic N) is 1. The minimum absolute atomic E-state index is 0.0766. The molecular weight excluding hydrogens is 392 g/mol. The van der Waals surface area contributed by atoms with Gasteiger partial charge >= 0.3 is 5.97 Å². The maximum Gasteiger partial charge on any atom is 0.341 e. The van der Waals surface area contributed by atoms with Gasteiger partial charge in [-0.3, -0.25) is 19.7 Å². The van der Waals surface area contributed by atoms with E-state index in [0.29, 0.717) is 11.4 Å². The summed E-state index contributed by atoms with van der Waals surface area (Å²) in [5, 5.41) is 18.7. The van der Waals surface area contributed by atoms with Crippen LogP contribution < -0.4 is 16.0 Å². The van der Waals surface area contributed by atoms with E-state index in [1.54, 1.807) is 7.05 Å². The van der Waals surface area contributed by atoms with Crippen molar-refractivity contribution >= 4 is 34.8 Å². The number of nitrogens with one attached hydrogen (secondary N) is 3. The maximum absolute atomic E-state index is 12.2. The van der Waals surface area contributed by atoms with Crippen molar-refractivity contribution in [1.29, 1.82) is 0 Å². The van der Waals surface area contributed by atoms with Crippen molar-refractivity contribution < 1.29 is 24.0 Å². The molecule has 0 atom stereocenters. The first kappa shape index (κ1) is 22.3. The Bertz CT molecular complexity index is 969. The smallest absolute Gasteiger partial charge is 0.341 e. The molecule has 2 aromatic rings. The standard InChI is InChI=1S/C20H22N4O6/c1-12-5-4-6-13(2)19(12)23-17(25)10-22-18(26)11-30-20(27)15-9-14(24(28)29)7-8-16(15)21-3/h4-9,21H,10-11H2,1-3H3,(H,22,26)(H,23,25). The third-order valence-corrected chi connectivity index (χ3v) is 4.23. The average Bonchev–Trinajstić information content (AvgIpc) is 2.72. The zero-order chi connectivity index (χ0) is 22.3. The van der Waals surface area contributed by atoms with E-state index in [0.717, 1.165) is 17.2 Å². The van der Waals surface area contributed by atoms with E-state index < -0.39 is 29.3 Å². The molecule has 0 aromatic heterocycles. The van der Waals surface area contributed by atoms with E-state index in [9.17, 15) is 24.5 Å². The van der Waals surface area contributed by atoms with Crippen LogP contribution in [0.15, 0.2) is 36.4 Å². The van der Waals surface area contributed by atoms with Crippen LogP contribution in [0.5, 0.6) is 0 Å². The van der Waals surface area contributed by atoms with Crippen LogP contribution in [0, 0.1) is 24.0 Å². The monoisotopic (exact) mass is 414 g/mol. The molecule has 30 heavy (non-hydrogen) atoms. The number of rotatable bonds is 8. The second kappa shape index (κ2) is 10.0. The van der Waals surface area contributed by atoms with Gasteiger partial charge in [0.15, 0.2) is 6.61 Å². The molecule has 158 valence electrons. The Kier molecular flexibility index (Phi) is 7.45. The first-order valence-electron chi connectivity index (χ1n) is 8.99. The van der Waals surface area contributed by atoms with Gasteiger partial charge in [-0.25, -0.2) is 4.79 Å². The normalized spacial score (nSPS) is 10.1. The summed E-state index contributed by atoms with van der Waals surface area (Å²) in [4.78, 5) is 46.4. The number of carbonyl (C=O) groups excluding carboxylic acids is 3. The summed E-state index contributed by atoms with van der Waals surface area (Å²) < 4.78 is 4.91. The highest BCUT2D eigenvalue weighted by atomic mass is 16.6. The van der Waals surface area contributed by atoms with Crippen LogP contribution in [0.25, 0.3) is 0 Å². The Hall–Kier alpha value is -3.95. The third kappa shape index (κ3) is 5.77. The van der Waals surface area contributed by atoms with Gasteiger partial charge in [0.25, 0.3) is 11.6 Å². The molecule has 10 heteroatoms. The van der Waals surface area contributed by atoms with Crippen LogP contribution in [-0.4, -0.2) is 42.9 Å². The highest BCUT2D eigenvalue weighted by Gasteiger charge is 2.19. The highest BCUT2D eigenvalue weighted by Crippen LogP contribution is 2.22. The van der Waals surface area contributed by atoms with Gasteiger partial charge in [-0.1, -0.05) is 18.2 Å². The van der Waals surface area contributed by atoms with Gasteiger partial charge < -0.3 is 20.7 Å². The summed E-state index contributed by atoms with van der Waals surface area (Å²) >= 11 is 0. The number of hydrogen-bond donors (Lipinski definition) is 3. The van der Waals surface area contributed by atoms with Gasteiger partial charge in [0.05, 0.1) is 17.0 Å². The Morgan fingerprint density at radius 2 is 1.73 bits per heavy atom. The molecule has 2 amide bonds. The lowest BCUT2D eigenvalue weighted by molar-refractivity contribution is -0.384. The second-order valence-corrected chi connectivity index (χ2v) is 6.40. The van der Waals surface area contributed by atoms with Crippen molar-refractivity contribution in [3.05, 3.63) is 63.2 Å². The SMILES string of the molecule is CNc1ccc([N+](=O)[O-])cc1C(=O)OCC(=O)NCC(=O)Nc1c(C)cccc1C. The number of para-hydroxylation sites is 1. The zero-order valence-electron chi connectivity index (χ0n) is 16.8. The Morgan fingerprint density at radius 3 is 2.33 bits per heavy atom. The Balaban J connectivity index is 1.89. The number of aryl methyl sites for hydroxylation is 2. The highest BCUT2D eigenvalue weighted by molar-refractivity contribution is 5.98. The van der Waals surface area contributed by atoms with E-state index in [2.05, 4.69) is 16.0 Å². The van der Waals surface area contributed by atoms with Gasteiger partial charge in [-0.15, -0.1) is 0 Å². The molecule has 10 nitrogen and oxygen atoms in total. The topological polar surface area (TPSA) is 140 Å². The van der Waals surface area contributed by atoms with Crippen LogP contribution in [0.3, 0.4) is 0 Å². The summed E-state index contributed by atoms with van der Waals surface area (Å²) in [5.41, 5.74) is 2.41. The number of non-ortho nitro benzene ring substituents is 1. The summed E-state index contributed by atoms with van der Waals surface area (Å²) in [6.07, 6.45) is 0. The molecule has 0 saturated heterocycles. The molecule has 0 unspecified atom stereocenters. The Morgan fingerprint density at radius 1 is 1.07 bits per heavy atom. The van der Waals surface area contributed by atoms with E-state index in [4.69, 9.17) is 4.74 Å². The molecule has 0 radical (unpaired) electrons. The Labute approximate surface area is 172 Å². The fourth-order valence-corrected chi connectivity index (χ4v) is 2.67. The van der Waals surface area contributed by atoms with Crippen molar-refractivity contribution in [2.75, 3.05) is 30.8 Å². The molecule has 2 aromatic carbocycles.